The molecule has 9 heavy (non-hydrogen) atoms. The summed E-state index contributed by atoms with van der Waals surface area (Å²) in [5.41, 5.74) is 0. The first kappa shape index (κ1) is 8.74. The van der Waals surface area contributed by atoms with E-state index in [0.29, 0.717) is 6.92 Å². The fourth-order valence-corrected chi connectivity index (χ4v) is 0.359. The van der Waals surface area contributed by atoms with Crippen LogP contribution in [0.25, 0.3) is 0 Å². The number of rotatable bonds is 1. The molecule has 6 heteroatoms. The van der Waals surface area contributed by atoms with Crippen molar-refractivity contribution < 1.29 is 21.6 Å². The molecule has 0 aliphatic rings. The third-order valence-corrected chi connectivity index (χ3v) is 1.72. The molecule has 0 aliphatic heterocycles. The normalized spacial score (nSPS) is 16.1. The maximum atomic E-state index is 11.3. The van der Waals surface area contributed by atoms with Crippen molar-refractivity contribution in [1.29, 1.82) is 0 Å². The van der Waals surface area contributed by atoms with Crippen LogP contribution in [0, 0.1) is 0 Å². The highest BCUT2D eigenvalue weighted by atomic mass is 32.2. The smallest absolute Gasteiger partial charge is 0.231 e. The maximum absolute atomic E-state index is 11.3. The molecule has 0 rings (SSSR count). The average molecular weight is 162 g/mol. The third-order valence-electron chi connectivity index (χ3n) is 0.790. The van der Waals surface area contributed by atoms with Crippen LogP contribution < -0.4 is 0 Å². The van der Waals surface area contributed by atoms with Crippen LogP contribution in [0.3, 0.4) is 0 Å². The lowest BCUT2D eigenvalue weighted by atomic mass is 10.5. The molecule has 1 atom stereocenters. The molecule has 0 heterocycles. The number of hydrogen-bond donors (Lipinski definition) is 1. The number of thiol groups is 1. The van der Waals surface area contributed by atoms with Gasteiger partial charge in [0.15, 0.2) is 16.0 Å². The molecule has 0 saturated carbocycles. The fourth-order valence-electron chi connectivity index (χ4n) is 0.120. The van der Waals surface area contributed by atoms with Crippen LogP contribution in [0.1, 0.15) is 6.92 Å². The molecule has 2 nitrogen and oxygen atoms in total. The summed E-state index contributed by atoms with van der Waals surface area (Å²) in [6.45, 7) is 0.603. The first-order valence-electron chi connectivity index (χ1n) is 2.06. The highest BCUT2D eigenvalue weighted by molar-refractivity contribution is 7.73. The third kappa shape index (κ3) is 2.69. The number of alkyl halides is 3. The zero-order valence-corrected chi connectivity index (χ0v) is 5.37. The molecule has 56 valence electrons. The molecule has 0 aromatic carbocycles. The molecule has 0 N–H and O–H groups in total. The van der Waals surface area contributed by atoms with E-state index in [-0.39, 0.29) is 0 Å². The van der Waals surface area contributed by atoms with Gasteiger partial charge in [0, 0.05) is 0 Å². The second-order valence-corrected chi connectivity index (χ2v) is 2.85. The predicted octanol–water partition coefficient (Wildman–Crippen LogP) is 0.549. The van der Waals surface area contributed by atoms with Crippen LogP contribution in [-0.2, 0) is 10.7 Å². The topological polar surface area (TPSA) is 34.1 Å². The van der Waals surface area contributed by atoms with Crippen LogP contribution in [0.2, 0.25) is 0 Å². The van der Waals surface area contributed by atoms with Gasteiger partial charge in [0.1, 0.15) is 0 Å². The Kier molecular flexibility index (Phi) is 2.48. The quantitative estimate of drug-likeness (QED) is 0.571. The summed E-state index contributed by atoms with van der Waals surface area (Å²) >= 11 is 0. The van der Waals surface area contributed by atoms with Gasteiger partial charge in [-0.2, -0.15) is 13.2 Å². The molecular weight excluding hydrogens is 157 g/mol. The molecule has 0 aromatic rings. The van der Waals surface area contributed by atoms with Crippen molar-refractivity contribution in [1.82, 2.24) is 0 Å². The first-order valence-corrected chi connectivity index (χ1v) is 3.30. The van der Waals surface area contributed by atoms with E-state index >= 15 is 0 Å². The van der Waals surface area contributed by atoms with E-state index < -0.39 is 22.1 Å². The van der Waals surface area contributed by atoms with Crippen molar-refractivity contribution >= 4 is 10.7 Å². The van der Waals surface area contributed by atoms with Crippen molar-refractivity contribution in [2.24, 2.45) is 0 Å². The summed E-state index contributed by atoms with van der Waals surface area (Å²) < 4.78 is 53.3. The largest absolute Gasteiger partial charge is 0.404 e. The van der Waals surface area contributed by atoms with Crippen molar-refractivity contribution in [3.8, 4) is 0 Å². The lowest BCUT2D eigenvalue weighted by molar-refractivity contribution is -0.126. The SMILES string of the molecule is CC([SH](=O)=O)C(F)(F)F. The van der Waals surface area contributed by atoms with Crippen LogP contribution >= 0.6 is 0 Å². The summed E-state index contributed by atoms with van der Waals surface area (Å²) in [6, 6.07) is 0. The van der Waals surface area contributed by atoms with Gasteiger partial charge in [-0.05, 0) is 6.92 Å². The summed E-state index contributed by atoms with van der Waals surface area (Å²) in [6.07, 6.45) is -4.62. The van der Waals surface area contributed by atoms with Gasteiger partial charge in [-0.25, -0.2) is 8.42 Å². The van der Waals surface area contributed by atoms with Gasteiger partial charge in [-0.15, -0.1) is 0 Å². The van der Waals surface area contributed by atoms with E-state index in [1.54, 1.807) is 0 Å². The van der Waals surface area contributed by atoms with Gasteiger partial charge in [0.05, 0.1) is 0 Å². The summed E-state index contributed by atoms with van der Waals surface area (Å²) in [5.74, 6) is 0. The molecule has 0 radical (unpaired) electrons. The Morgan fingerprint density at radius 1 is 1.33 bits per heavy atom. The monoisotopic (exact) mass is 162 g/mol. The molecule has 0 aliphatic carbocycles. The molecule has 0 spiro atoms. The number of halogens is 3. The molecule has 0 amide bonds. The van der Waals surface area contributed by atoms with E-state index in [1.807, 2.05) is 0 Å². The summed E-state index contributed by atoms with van der Waals surface area (Å²) in [4.78, 5) is 0. The Morgan fingerprint density at radius 2 is 1.67 bits per heavy atom. The molecular formula is C3H5F3O2S. The van der Waals surface area contributed by atoms with Crippen LogP contribution in [0.4, 0.5) is 13.2 Å². The van der Waals surface area contributed by atoms with Crippen molar-refractivity contribution in [3.63, 3.8) is 0 Å². The Labute approximate surface area is 51.6 Å². The molecule has 0 aromatic heterocycles. The van der Waals surface area contributed by atoms with Gasteiger partial charge in [0.2, 0.25) is 0 Å². The van der Waals surface area contributed by atoms with Gasteiger partial charge < -0.3 is 0 Å². The van der Waals surface area contributed by atoms with E-state index in [4.69, 9.17) is 0 Å². The van der Waals surface area contributed by atoms with Crippen LogP contribution in [0.5, 0.6) is 0 Å². The highest BCUT2D eigenvalue weighted by Gasteiger charge is 2.38. The molecule has 0 saturated heterocycles. The van der Waals surface area contributed by atoms with Crippen LogP contribution in [0.15, 0.2) is 0 Å². The Bertz CT molecular complexity index is 151. The maximum Gasteiger partial charge on any atom is 0.404 e. The van der Waals surface area contributed by atoms with Crippen LogP contribution in [-0.4, -0.2) is 19.8 Å². The molecule has 0 bridgehead atoms. The van der Waals surface area contributed by atoms with E-state index in [9.17, 15) is 21.6 Å². The lowest BCUT2D eigenvalue weighted by Crippen LogP contribution is -2.26. The lowest BCUT2D eigenvalue weighted by Gasteiger charge is -2.06. The van der Waals surface area contributed by atoms with E-state index in [2.05, 4.69) is 0 Å². The second kappa shape index (κ2) is 2.55. The van der Waals surface area contributed by atoms with Gasteiger partial charge >= 0.3 is 6.18 Å². The number of hydrogen-bond acceptors (Lipinski definition) is 2. The Morgan fingerprint density at radius 3 is 1.67 bits per heavy atom. The van der Waals surface area contributed by atoms with Gasteiger partial charge in [-0.1, -0.05) is 0 Å². The fraction of sp³-hybridized carbons (Fsp3) is 1.00. The van der Waals surface area contributed by atoms with Gasteiger partial charge in [0.25, 0.3) is 0 Å². The minimum absolute atomic E-state index is 0.603. The summed E-state index contributed by atoms with van der Waals surface area (Å²) in [7, 11) is -3.37. The minimum atomic E-state index is -4.62. The Hall–Kier alpha value is -0.260. The van der Waals surface area contributed by atoms with Crippen molar-refractivity contribution in [2.75, 3.05) is 0 Å². The molecule has 1 unspecified atom stereocenters. The standard InChI is InChI=1S/C3H5F3O2S/c1-2(9(7)8)3(4,5)6/h2,9H,1H3. The van der Waals surface area contributed by atoms with Gasteiger partial charge in [-0.3, -0.25) is 0 Å². The molecule has 0 fully saturated rings. The average Bonchev–Trinajstić information content (AvgIpc) is 1.62. The summed E-state index contributed by atoms with van der Waals surface area (Å²) in [5, 5.41) is -2.23. The second-order valence-electron chi connectivity index (χ2n) is 1.50. The van der Waals surface area contributed by atoms with E-state index in [0.717, 1.165) is 0 Å². The minimum Gasteiger partial charge on any atom is -0.231 e. The zero-order chi connectivity index (χ0) is 7.65. The van der Waals surface area contributed by atoms with E-state index in [1.165, 1.54) is 0 Å². The van der Waals surface area contributed by atoms with Crippen molar-refractivity contribution in [3.05, 3.63) is 0 Å². The first-order chi connectivity index (χ1) is 3.85. The highest BCUT2D eigenvalue weighted by Crippen LogP contribution is 2.21. The predicted molar refractivity (Wildman–Crippen MR) is 25.8 cm³/mol. The van der Waals surface area contributed by atoms with Crippen molar-refractivity contribution in [2.45, 2.75) is 18.3 Å². The Balaban J connectivity index is 4.22. The zero-order valence-electron chi connectivity index (χ0n) is 4.47.